The van der Waals surface area contributed by atoms with Gasteiger partial charge in [0.05, 0.1) is 0 Å². The summed E-state index contributed by atoms with van der Waals surface area (Å²) in [6.07, 6.45) is 13.4. The van der Waals surface area contributed by atoms with Crippen LogP contribution in [0.3, 0.4) is 0 Å². The van der Waals surface area contributed by atoms with E-state index in [4.69, 9.17) is 0 Å². The summed E-state index contributed by atoms with van der Waals surface area (Å²) in [5, 5.41) is 0. The van der Waals surface area contributed by atoms with E-state index in [-0.39, 0.29) is 0 Å². The Bertz CT molecular complexity index is 213. The van der Waals surface area contributed by atoms with Crippen molar-refractivity contribution in [1.82, 2.24) is 0 Å². The van der Waals surface area contributed by atoms with Gasteiger partial charge in [0.2, 0.25) is 0 Å². The van der Waals surface area contributed by atoms with Crippen LogP contribution in [-0.2, 0) is 0 Å². The molecule has 1 aliphatic heterocycles. The van der Waals surface area contributed by atoms with Gasteiger partial charge in [-0.2, -0.15) is 0 Å². The minimum absolute atomic E-state index is 0.728. The van der Waals surface area contributed by atoms with Crippen molar-refractivity contribution in [2.45, 2.75) is 12.8 Å². The number of aliphatic imine (C=N–C) groups is 1. The van der Waals surface area contributed by atoms with Gasteiger partial charge in [-0.3, -0.25) is 4.99 Å². The summed E-state index contributed by atoms with van der Waals surface area (Å²) in [6.45, 7) is 1.01. The third-order valence-corrected chi connectivity index (χ3v) is 2.48. The fourth-order valence-electron chi connectivity index (χ4n) is 1.77. The number of hydrogen-bond donors (Lipinski definition) is 0. The lowest BCUT2D eigenvalue weighted by molar-refractivity contribution is 0.471. The summed E-state index contributed by atoms with van der Waals surface area (Å²) in [7, 11) is 0. The van der Waals surface area contributed by atoms with Crippen molar-refractivity contribution in [3.8, 4) is 0 Å². The first kappa shape index (κ1) is 6.84. The summed E-state index contributed by atoms with van der Waals surface area (Å²) in [6, 6.07) is 0. The predicted octanol–water partition coefficient (Wildman–Crippen LogP) is 2.21. The van der Waals surface area contributed by atoms with E-state index in [0.29, 0.717) is 0 Å². The first-order valence-corrected chi connectivity index (χ1v) is 4.30. The minimum Gasteiger partial charge on any atom is -0.297 e. The van der Waals surface area contributed by atoms with Gasteiger partial charge >= 0.3 is 0 Å². The van der Waals surface area contributed by atoms with Crippen molar-refractivity contribution < 1.29 is 0 Å². The molecule has 0 N–H and O–H groups in total. The molecular weight excluding hydrogens is 134 g/mol. The second kappa shape index (κ2) is 3.04. The minimum atomic E-state index is 0.728. The summed E-state index contributed by atoms with van der Waals surface area (Å²) in [4.78, 5) is 4.30. The molecule has 0 aromatic carbocycles. The van der Waals surface area contributed by atoms with E-state index in [1.54, 1.807) is 0 Å². The Kier molecular flexibility index (Phi) is 1.89. The molecule has 0 bridgehead atoms. The predicted molar refractivity (Wildman–Crippen MR) is 47.9 cm³/mol. The summed E-state index contributed by atoms with van der Waals surface area (Å²) >= 11 is 0. The quantitative estimate of drug-likeness (QED) is 0.498. The molecule has 1 aliphatic carbocycles. The first-order chi connectivity index (χ1) is 5.47. The fraction of sp³-hybridized carbons (Fsp3) is 0.500. The average molecular weight is 147 g/mol. The van der Waals surface area contributed by atoms with E-state index in [9.17, 15) is 0 Å². The molecule has 0 spiro atoms. The molecule has 1 heterocycles. The highest BCUT2D eigenvalue weighted by Crippen LogP contribution is 2.26. The summed E-state index contributed by atoms with van der Waals surface area (Å²) in [5.74, 6) is 1.48. The maximum absolute atomic E-state index is 4.30. The maximum atomic E-state index is 4.30. The number of nitrogens with zero attached hydrogens (tertiary/aromatic N) is 1. The van der Waals surface area contributed by atoms with E-state index >= 15 is 0 Å². The molecule has 0 aromatic heterocycles. The van der Waals surface area contributed by atoms with Gasteiger partial charge in [-0.25, -0.2) is 0 Å². The third-order valence-electron chi connectivity index (χ3n) is 2.48. The molecule has 1 unspecified atom stereocenters. The largest absolute Gasteiger partial charge is 0.297 e. The topological polar surface area (TPSA) is 12.4 Å². The maximum Gasteiger partial charge on any atom is 0.0391 e. The van der Waals surface area contributed by atoms with E-state index < -0.39 is 0 Å². The Morgan fingerprint density at radius 2 is 1.91 bits per heavy atom. The fourth-order valence-corrected chi connectivity index (χ4v) is 1.77. The highest BCUT2D eigenvalue weighted by molar-refractivity contribution is 5.58. The van der Waals surface area contributed by atoms with Crippen LogP contribution in [0.15, 0.2) is 29.3 Å². The monoisotopic (exact) mass is 147 g/mol. The van der Waals surface area contributed by atoms with Gasteiger partial charge in [0.25, 0.3) is 0 Å². The Balaban J connectivity index is 2.13. The highest BCUT2D eigenvalue weighted by atomic mass is 14.7. The zero-order chi connectivity index (χ0) is 7.52. The van der Waals surface area contributed by atoms with Crippen LogP contribution in [0, 0.1) is 11.8 Å². The molecule has 1 nitrogen and oxygen atoms in total. The van der Waals surface area contributed by atoms with Crippen LogP contribution in [-0.4, -0.2) is 12.8 Å². The average Bonchev–Trinajstić information content (AvgIpc) is 2.28. The molecule has 2 rings (SSSR count). The lowest BCUT2D eigenvalue weighted by Gasteiger charge is -2.19. The number of fused-ring (bicyclic) bond motifs is 1. The number of rotatable bonds is 0. The van der Waals surface area contributed by atoms with Crippen molar-refractivity contribution in [3.05, 3.63) is 24.3 Å². The molecule has 0 amide bonds. The SMILES string of the molecule is C1=CC2CCN=CC[C@H]2C=C1. The van der Waals surface area contributed by atoms with Gasteiger partial charge in [0.15, 0.2) is 0 Å². The van der Waals surface area contributed by atoms with Crippen molar-refractivity contribution in [3.63, 3.8) is 0 Å². The molecule has 0 aromatic rings. The molecule has 0 saturated carbocycles. The van der Waals surface area contributed by atoms with Gasteiger partial charge < -0.3 is 0 Å². The molecule has 0 fully saturated rings. The molecule has 58 valence electrons. The van der Waals surface area contributed by atoms with E-state index in [1.165, 1.54) is 6.42 Å². The van der Waals surface area contributed by atoms with Crippen LogP contribution in [0.2, 0.25) is 0 Å². The molecule has 11 heavy (non-hydrogen) atoms. The van der Waals surface area contributed by atoms with Crippen LogP contribution < -0.4 is 0 Å². The molecule has 0 saturated heterocycles. The molecule has 2 atom stereocenters. The van der Waals surface area contributed by atoms with E-state index in [0.717, 1.165) is 24.8 Å². The Hall–Kier alpha value is -0.850. The van der Waals surface area contributed by atoms with Crippen molar-refractivity contribution in [2.24, 2.45) is 16.8 Å². The van der Waals surface area contributed by atoms with Crippen LogP contribution in [0.4, 0.5) is 0 Å². The zero-order valence-electron chi connectivity index (χ0n) is 6.61. The molecule has 2 aliphatic rings. The van der Waals surface area contributed by atoms with Crippen LogP contribution in [0.25, 0.3) is 0 Å². The van der Waals surface area contributed by atoms with E-state index in [1.807, 2.05) is 0 Å². The second-order valence-electron chi connectivity index (χ2n) is 3.21. The normalized spacial score (nSPS) is 34.9. The van der Waals surface area contributed by atoms with Gasteiger partial charge in [0.1, 0.15) is 0 Å². The summed E-state index contributed by atoms with van der Waals surface area (Å²) in [5.41, 5.74) is 0. The second-order valence-corrected chi connectivity index (χ2v) is 3.21. The van der Waals surface area contributed by atoms with Crippen molar-refractivity contribution >= 4 is 6.21 Å². The van der Waals surface area contributed by atoms with Crippen LogP contribution in [0.1, 0.15) is 12.8 Å². The Morgan fingerprint density at radius 3 is 2.82 bits per heavy atom. The standard InChI is InChI=1S/C10H13N/c1-2-4-10-6-8-11-7-5-9(10)3-1/h1-4,7,9-10H,5-6,8H2/t9-,10?/m1/s1. The number of allylic oxidation sites excluding steroid dienone is 4. The van der Waals surface area contributed by atoms with Gasteiger partial charge in [-0.1, -0.05) is 24.3 Å². The van der Waals surface area contributed by atoms with Crippen molar-refractivity contribution in [2.75, 3.05) is 6.54 Å². The van der Waals surface area contributed by atoms with Crippen LogP contribution >= 0.6 is 0 Å². The molecular formula is C10H13N. The number of hydrogen-bond acceptors (Lipinski definition) is 1. The lowest BCUT2D eigenvalue weighted by atomic mass is 9.85. The van der Waals surface area contributed by atoms with Gasteiger partial charge in [0, 0.05) is 6.54 Å². The Morgan fingerprint density at radius 1 is 1.09 bits per heavy atom. The van der Waals surface area contributed by atoms with Crippen LogP contribution in [0.5, 0.6) is 0 Å². The molecule has 0 radical (unpaired) electrons. The van der Waals surface area contributed by atoms with E-state index in [2.05, 4.69) is 35.5 Å². The smallest absolute Gasteiger partial charge is 0.0391 e. The van der Waals surface area contributed by atoms with Gasteiger partial charge in [-0.05, 0) is 30.9 Å². The zero-order valence-corrected chi connectivity index (χ0v) is 6.61. The molecule has 1 heteroatoms. The highest BCUT2D eigenvalue weighted by Gasteiger charge is 2.18. The van der Waals surface area contributed by atoms with Gasteiger partial charge in [-0.15, -0.1) is 0 Å². The lowest BCUT2D eigenvalue weighted by Crippen LogP contribution is -2.11. The Labute approximate surface area is 67.5 Å². The first-order valence-electron chi connectivity index (χ1n) is 4.30. The summed E-state index contributed by atoms with van der Waals surface area (Å²) < 4.78 is 0. The third kappa shape index (κ3) is 1.42. The van der Waals surface area contributed by atoms with Crippen molar-refractivity contribution in [1.29, 1.82) is 0 Å².